The van der Waals surface area contributed by atoms with E-state index in [1.807, 2.05) is 66.5 Å². The minimum Gasteiger partial charge on any atom is -0.481 e. The molecule has 206 valence electrons. The van der Waals surface area contributed by atoms with Crippen LogP contribution in [0.2, 0.25) is 0 Å². The first-order valence-corrected chi connectivity index (χ1v) is 13.4. The third-order valence-corrected chi connectivity index (χ3v) is 7.47. The van der Waals surface area contributed by atoms with Crippen molar-refractivity contribution in [3.63, 3.8) is 0 Å². The van der Waals surface area contributed by atoms with Crippen LogP contribution in [0.3, 0.4) is 0 Å². The Morgan fingerprint density at radius 3 is 2.17 bits per heavy atom. The Bertz CT molecular complexity index is 1360. The van der Waals surface area contributed by atoms with Crippen LogP contribution in [-0.4, -0.2) is 60.3 Å². The lowest BCUT2D eigenvalue weighted by Crippen LogP contribution is -2.53. The number of carboxylic acid groups (broad SMARTS) is 1. The van der Waals surface area contributed by atoms with Crippen LogP contribution >= 0.6 is 0 Å². The Hall–Kier alpha value is -4.43. The minimum absolute atomic E-state index is 0.0947. The van der Waals surface area contributed by atoms with Crippen LogP contribution in [0.25, 0.3) is 11.1 Å². The molecule has 3 unspecified atom stereocenters. The second kappa shape index (κ2) is 12.2. The molecule has 2 aliphatic rings. The topological polar surface area (TPSA) is 108 Å². The summed E-state index contributed by atoms with van der Waals surface area (Å²) in [5.41, 5.74) is 5.56. The molecular weight excluding hydrogens is 506 g/mol. The minimum atomic E-state index is -0.927. The molecule has 0 fully saturated rings. The van der Waals surface area contributed by atoms with Gasteiger partial charge in [0.1, 0.15) is 12.6 Å². The molecule has 3 aromatic carbocycles. The summed E-state index contributed by atoms with van der Waals surface area (Å²) in [5, 5.41) is 14.9. The number of carbonyl (C=O) groups is 3. The summed E-state index contributed by atoms with van der Waals surface area (Å²) < 4.78 is 5.70. The average Bonchev–Trinajstić information content (AvgIpc) is 3.55. The number of hydrogen-bond donors (Lipinski definition) is 3. The van der Waals surface area contributed by atoms with Crippen molar-refractivity contribution in [2.75, 3.05) is 20.2 Å². The van der Waals surface area contributed by atoms with Gasteiger partial charge in [0.25, 0.3) is 0 Å². The number of carbonyl (C=O) groups excluding carboxylic acids is 2. The predicted molar refractivity (Wildman–Crippen MR) is 152 cm³/mol. The molecule has 0 saturated carbocycles. The van der Waals surface area contributed by atoms with Gasteiger partial charge in [0.05, 0.1) is 5.92 Å². The first kappa shape index (κ1) is 27.1. The van der Waals surface area contributed by atoms with Gasteiger partial charge in [0, 0.05) is 25.0 Å². The van der Waals surface area contributed by atoms with Crippen molar-refractivity contribution in [1.82, 2.24) is 15.5 Å². The van der Waals surface area contributed by atoms with E-state index >= 15 is 0 Å². The van der Waals surface area contributed by atoms with E-state index in [-0.39, 0.29) is 25.5 Å². The van der Waals surface area contributed by atoms with Crippen LogP contribution < -0.4 is 10.6 Å². The van der Waals surface area contributed by atoms with Gasteiger partial charge in [0.15, 0.2) is 0 Å². The van der Waals surface area contributed by atoms with Crippen LogP contribution in [0.15, 0.2) is 91.0 Å². The normalized spacial score (nSPS) is 18.1. The third-order valence-electron chi connectivity index (χ3n) is 7.47. The van der Waals surface area contributed by atoms with E-state index in [4.69, 9.17) is 4.74 Å². The Morgan fingerprint density at radius 2 is 1.55 bits per heavy atom. The number of fused-ring (bicyclic) bond motifs is 3. The van der Waals surface area contributed by atoms with Crippen molar-refractivity contribution in [2.45, 2.75) is 31.0 Å². The number of carboxylic acids is 1. The Labute approximate surface area is 233 Å². The maximum atomic E-state index is 13.3. The highest BCUT2D eigenvalue weighted by Gasteiger charge is 2.31. The molecule has 0 aliphatic heterocycles. The third kappa shape index (κ3) is 6.24. The van der Waals surface area contributed by atoms with Crippen molar-refractivity contribution in [3.05, 3.63) is 108 Å². The number of benzene rings is 3. The predicted octanol–water partition coefficient (Wildman–Crippen LogP) is 4.17. The lowest BCUT2D eigenvalue weighted by molar-refractivity contribution is -0.140. The van der Waals surface area contributed by atoms with Gasteiger partial charge in [-0.1, -0.05) is 91.0 Å². The monoisotopic (exact) mass is 539 g/mol. The van der Waals surface area contributed by atoms with Gasteiger partial charge in [-0.25, -0.2) is 4.79 Å². The molecule has 2 amide bonds. The van der Waals surface area contributed by atoms with Gasteiger partial charge in [-0.3, -0.25) is 14.5 Å². The van der Waals surface area contributed by atoms with Crippen molar-refractivity contribution in [1.29, 1.82) is 0 Å². The summed E-state index contributed by atoms with van der Waals surface area (Å²) in [6.45, 7) is 0.963. The van der Waals surface area contributed by atoms with Crippen LogP contribution in [0.1, 0.15) is 29.0 Å². The summed E-state index contributed by atoms with van der Waals surface area (Å²) in [5.74, 6) is -2.06. The van der Waals surface area contributed by atoms with Gasteiger partial charge in [-0.15, -0.1) is 0 Å². The van der Waals surface area contributed by atoms with Crippen molar-refractivity contribution >= 4 is 18.0 Å². The highest BCUT2D eigenvalue weighted by molar-refractivity contribution is 5.86. The van der Waals surface area contributed by atoms with E-state index in [0.29, 0.717) is 6.54 Å². The number of nitrogens with zero attached hydrogens (tertiary/aromatic N) is 1. The molecule has 5 rings (SSSR count). The number of rotatable bonds is 10. The molecule has 0 aromatic heterocycles. The van der Waals surface area contributed by atoms with Crippen LogP contribution in [0, 0.1) is 5.92 Å². The van der Waals surface area contributed by atoms with Crippen LogP contribution in [-0.2, 0) is 20.9 Å². The lowest BCUT2D eigenvalue weighted by Gasteiger charge is -2.26. The molecule has 40 heavy (non-hydrogen) atoms. The van der Waals surface area contributed by atoms with Gasteiger partial charge < -0.3 is 20.5 Å². The number of ether oxygens (including phenoxy) is 1. The summed E-state index contributed by atoms with van der Waals surface area (Å²) in [4.78, 5) is 39.6. The maximum Gasteiger partial charge on any atom is 0.407 e. The van der Waals surface area contributed by atoms with E-state index in [1.54, 1.807) is 12.2 Å². The highest BCUT2D eigenvalue weighted by Crippen LogP contribution is 2.44. The summed E-state index contributed by atoms with van der Waals surface area (Å²) in [7, 11) is 1.88. The zero-order chi connectivity index (χ0) is 28.1. The number of amides is 2. The van der Waals surface area contributed by atoms with E-state index in [1.165, 1.54) is 0 Å². The smallest absolute Gasteiger partial charge is 0.407 e. The molecule has 3 N–H and O–H groups in total. The Kier molecular flexibility index (Phi) is 8.26. The van der Waals surface area contributed by atoms with Gasteiger partial charge in [-0.05, 0) is 41.3 Å². The molecule has 0 radical (unpaired) electrons. The number of hydrogen-bond acceptors (Lipinski definition) is 5. The summed E-state index contributed by atoms with van der Waals surface area (Å²) in [6, 6.07) is 24.7. The fraction of sp³-hybridized carbons (Fsp3) is 0.281. The average molecular weight is 540 g/mol. The molecule has 8 nitrogen and oxygen atoms in total. The molecule has 0 heterocycles. The van der Waals surface area contributed by atoms with E-state index < -0.39 is 36.0 Å². The van der Waals surface area contributed by atoms with Gasteiger partial charge in [-0.2, -0.15) is 0 Å². The quantitative estimate of drug-likeness (QED) is 0.334. The lowest BCUT2D eigenvalue weighted by atomic mass is 9.98. The van der Waals surface area contributed by atoms with Gasteiger partial charge >= 0.3 is 12.1 Å². The zero-order valence-electron chi connectivity index (χ0n) is 22.3. The molecule has 2 aliphatic carbocycles. The SMILES string of the molecule is CN(Cc1ccccc1)CC(NC(=O)OCC1c2ccccc2-c2ccccc21)C(=O)NC1C=CC(C(=O)O)C1. The Morgan fingerprint density at radius 1 is 0.925 bits per heavy atom. The van der Waals surface area contributed by atoms with Gasteiger partial charge in [0.2, 0.25) is 5.91 Å². The molecule has 0 saturated heterocycles. The van der Waals surface area contributed by atoms with Crippen molar-refractivity contribution < 1.29 is 24.2 Å². The number of likely N-dealkylation sites (N-methyl/N-ethyl adjacent to an activating group) is 1. The fourth-order valence-corrected chi connectivity index (χ4v) is 5.52. The molecule has 3 aromatic rings. The van der Waals surface area contributed by atoms with Crippen molar-refractivity contribution in [2.24, 2.45) is 5.92 Å². The molecule has 0 bridgehead atoms. The number of aliphatic carboxylic acids is 1. The maximum absolute atomic E-state index is 13.3. The first-order valence-electron chi connectivity index (χ1n) is 13.4. The fourth-order valence-electron chi connectivity index (χ4n) is 5.52. The summed E-state index contributed by atoms with van der Waals surface area (Å²) in [6.07, 6.45) is 2.87. The standard InChI is InChI=1S/C32H33N3O5/c1-35(18-21-9-3-2-4-10-21)19-29(30(36)33-23-16-15-22(17-23)31(37)38)34-32(39)40-20-28-26-13-7-5-11-24(26)25-12-6-8-14-27(25)28/h2-16,22-23,28-29H,17-20H2,1H3,(H,33,36)(H,34,39)(H,37,38). The second-order valence-electron chi connectivity index (χ2n) is 10.4. The van der Waals surface area contributed by atoms with Crippen molar-refractivity contribution in [3.8, 4) is 11.1 Å². The Balaban J connectivity index is 1.25. The number of alkyl carbamates (subject to hydrolysis) is 1. The molecule has 0 spiro atoms. The second-order valence-corrected chi connectivity index (χ2v) is 10.4. The van der Waals surface area contributed by atoms with E-state index in [2.05, 4.69) is 34.9 Å². The first-order chi connectivity index (χ1) is 19.4. The van der Waals surface area contributed by atoms with E-state index in [0.717, 1.165) is 27.8 Å². The summed E-state index contributed by atoms with van der Waals surface area (Å²) >= 11 is 0. The largest absolute Gasteiger partial charge is 0.481 e. The highest BCUT2D eigenvalue weighted by atomic mass is 16.5. The number of nitrogens with one attached hydrogen (secondary N) is 2. The van der Waals surface area contributed by atoms with Crippen LogP contribution in [0.5, 0.6) is 0 Å². The molecule has 3 atom stereocenters. The van der Waals surface area contributed by atoms with E-state index in [9.17, 15) is 19.5 Å². The molecular formula is C32H33N3O5. The zero-order valence-corrected chi connectivity index (χ0v) is 22.3. The van der Waals surface area contributed by atoms with Crippen LogP contribution in [0.4, 0.5) is 4.79 Å². The molecule has 8 heteroatoms.